The molecule has 7 N–H and O–H groups in total. The van der Waals surface area contributed by atoms with E-state index in [9.17, 15) is 14.4 Å². The van der Waals surface area contributed by atoms with E-state index in [1.165, 1.54) is 23.1 Å². The zero-order valence-corrected chi connectivity index (χ0v) is 14.9. The van der Waals surface area contributed by atoms with E-state index in [1.807, 2.05) is 0 Å². The maximum Gasteiger partial charge on any atom is 0.372 e. The number of aliphatic hydroxyl groups excluding tert-OH is 1. The third-order valence-electron chi connectivity index (χ3n) is 3.63. The van der Waals surface area contributed by atoms with Gasteiger partial charge in [0.15, 0.2) is 0 Å². The van der Waals surface area contributed by atoms with Crippen LogP contribution in [0, 0.1) is 0 Å². The number of primary amides is 1. The lowest BCUT2D eigenvalue weighted by molar-refractivity contribution is -0.121. The molecule has 9 nitrogen and oxygen atoms in total. The summed E-state index contributed by atoms with van der Waals surface area (Å²) < 4.78 is 0. The van der Waals surface area contributed by atoms with Gasteiger partial charge in [-0.1, -0.05) is 0 Å². The highest BCUT2D eigenvalue weighted by atomic mass is 35.5. The topological polar surface area (TPSA) is 172 Å². The zero-order chi connectivity index (χ0) is 18.0. The number of H-pyrrole nitrogens is 1. The highest BCUT2D eigenvalue weighted by molar-refractivity contribution is 7.18. The number of thiophene rings is 1. The molecule has 2 heterocycles. The van der Waals surface area contributed by atoms with Gasteiger partial charge < -0.3 is 26.7 Å². The number of aromatic carboxylic acids is 1. The van der Waals surface area contributed by atoms with Crippen molar-refractivity contribution in [3.8, 4) is 0 Å². The number of aromatic nitrogens is 2. The number of fused-ring (bicyclic) bond motifs is 3. The molecule has 0 spiro atoms. The van der Waals surface area contributed by atoms with E-state index in [2.05, 4.69) is 9.97 Å². The van der Waals surface area contributed by atoms with Crippen LogP contribution < -0.4 is 17.0 Å². The van der Waals surface area contributed by atoms with Crippen molar-refractivity contribution in [2.75, 3.05) is 0 Å². The number of rotatable bonds is 3. The van der Waals surface area contributed by atoms with E-state index in [0.29, 0.717) is 10.2 Å². The van der Waals surface area contributed by atoms with E-state index in [0.717, 1.165) is 24.8 Å². The average molecular weight is 391 g/mol. The Balaban J connectivity index is 0.000000301. The normalized spacial score (nSPS) is 14.7. The zero-order valence-electron chi connectivity index (χ0n) is 13.3. The van der Waals surface area contributed by atoms with Crippen molar-refractivity contribution in [2.24, 2.45) is 11.5 Å². The van der Waals surface area contributed by atoms with Gasteiger partial charge in [0.1, 0.15) is 10.9 Å². The largest absolute Gasteiger partial charge is 0.475 e. The number of halogens is 1. The Morgan fingerprint density at radius 3 is 2.48 bits per heavy atom. The summed E-state index contributed by atoms with van der Waals surface area (Å²) in [6, 6.07) is -0.935. The molecule has 2 aromatic rings. The van der Waals surface area contributed by atoms with Crippen molar-refractivity contribution in [3.05, 3.63) is 26.6 Å². The highest BCUT2D eigenvalue weighted by Gasteiger charge is 2.22. The molecular weight excluding hydrogens is 372 g/mol. The Labute approximate surface area is 152 Å². The minimum absolute atomic E-state index is 0. The molecule has 0 fully saturated rings. The minimum atomic E-state index is -1.20. The predicted molar refractivity (Wildman–Crippen MR) is 95.3 cm³/mol. The number of nitrogens with one attached hydrogen (secondary N) is 1. The predicted octanol–water partition coefficient (Wildman–Crippen LogP) is -0.227. The Hall–Kier alpha value is -2.01. The first-order valence-corrected chi connectivity index (χ1v) is 8.04. The second-order valence-corrected chi connectivity index (χ2v) is 6.51. The number of carboxylic acids is 1. The van der Waals surface area contributed by atoms with Gasteiger partial charge in [0.2, 0.25) is 11.7 Å². The molecule has 2 atom stereocenters. The molecule has 0 radical (unpaired) electrons. The van der Waals surface area contributed by atoms with Gasteiger partial charge in [-0.2, -0.15) is 0 Å². The van der Waals surface area contributed by atoms with Crippen molar-refractivity contribution < 1.29 is 19.8 Å². The molecule has 0 saturated heterocycles. The van der Waals surface area contributed by atoms with E-state index in [1.54, 1.807) is 0 Å². The highest BCUT2D eigenvalue weighted by Crippen LogP contribution is 2.34. The number of carbonyl (C=O) groups is 2. The number of carbonyl (C=O) groups excluding carboxylic acids is 1. The van der Waals surface area contributed by atoms with Crippen molar-refractivity contribution >= 4 is 45.8 Å². The average Bonchev–Trinajstić information content (AvgIpc) is 3.06. The summed E-state index contributed by atoms with van der Waals surface area (Å²) in [5.41, 5.74) is 10.5. The lowest BCUT2D eigenvalue weighted by Crippen LogP contribution is -2.44. The van der Waals surface area contributed by atoms with Crippen LogP contribution in [0.15, 0.2) is 4.79 Å². The van der Waals surface area contributed by atoms with Crippen LogP contribution in [0.5, 0.6) is 0 Å². The number of hydrogen-bond acceptors (Lipinski definition) is 7. The molecule has 0 aromatic carbocycles. The molecule has 0 aliphatic heterocycles. The minimum Gasteiger partial charge on any atom is -0.475 e. The lowest BCUT2D eigenvalue weighted by Gasteiger charge is -2.08. The van der Waals surface area contributed by atoms with Gasteiger partial charge in [0.05, 0.1) is 11.5 Å². The molecule has 25 heavy (non-hydrogen) atoms. The molecule has 11 heteroatoms. The van der Waals surface area contributed by atoms with Gasteiger partial charge in [0.25, 0.3) is 5.56 Å². The Morgan fingerprint density at radius 1 is 1.36 bits per heavy atom. The lowest BCUT2D eigenvalue weighted by atomic mass is 10.2. The second kappa shape index (κ2) is 8.39. The molecule has 2 aromatic heterocycles. The maximum absolute atomic E-state index is 11.8. The molecule has 1 aliphatic carbocycles. The number of amides is 1. The maximum atomic E-state index is 11.8. The summed E-state index contributed by atoms with van der Waals surface area (Å²) in [4.78, 5) is 40.6. The first kappa shape index (κ1) is 21.0. The molecule has 1 aliphatic rings. The summed E-state index contributed by atoms with van der Waals surface area (Å²) in [6.07, 6.45) is 2.08. The number of hydrogen-bond donors (Lipinski definition) is 5. The van der Waals surface area contributed by atoms with E-state index >= 15 is 0 Å². The Morgan fingerprint density at radius 2 is 2.00 bits per heavy atom. The third-order valence-corrected chi connectivity index (χ3v) is 4.81. The molecule has 3 rings (SSSR count). The van der Waals surface area contributed by atoms with Gasteiger partial charge in [-0.25, -0.2) is 9.78 Å². The molecule has 0 bridgehead atoms. The summed E-state index contributed by atoms with van der Waals surface area (Å²) in [5.74, 6) is -2.16. The number of aromatic amines is 1. The van der Waals surface area contributed by atoms with E-state index < -0.39 is 24.0 Å². The van der Waals surface area contributed by atoms with Crippen LogP contribution in [0.1, 0.15) is 34.4 Å². The van der Waals surface area contributed by atoms with E-state index in [-0.39, 0.29) is 23.8 Å². The fourth-order valence-electron chi connectivity index (χ4n) is 2.34. The Bertz CT molecular complexity index is 848. The van der Waals surface area contributed by atoms with Crippen LogP contribution in [0.25, 0.3) is 10.2 Å². The number of carboxylic acid groups (broad SMARTS) is 1. The second-order valence-electron chi connectivity index (χ2n) is 5.43. The SMILES string of the molecule is C[C@H](O)[C@H](N)C(N)=O.Cl.O=C(O)c1nc2sc3c(c2c(=O)[nH]1)CCC3. The first-order chi connectivity index (χ1) is 11.2. The molecule has 0 saturated carbocycles. The van der Waals surface area contributed by atoms with Gasteiger partial charge in [-0.3, -0.25) is 9.59 Å². The van der Waals surface area contributed by atoms with Gasteiger partial charge in [0, 0.05) is 4.88 Å². The number of nitrogens with zero attached hydrogens (tertiary/aromatic N) is 1. The van der Waals surface area contributed by atoms with Crippen LogP contribution in [-0.4, -0.2) is 44.2 Å². The third kappa shape index (κ3) is 4.54. The molecule has 0 unspecified atom stereocenters. The standard InChI is InChI=1S/C10H8N2O3S.C4H10N2O2.ClH/c13-8-6-4-2-1-3-5(4)16-9(6)12-7(11-8)10(14)15;1-2(7)3(5)4(6)8;/h1-3H2,(H,14,15)(H,11,12,13);2-3,7H,5H2,1H3,(H2,6,8);1H/t;2-,3-;/m.0./s1. The fraction of sp³-hybridized carbons (Fsp3) is 0.429. The van der Waals surface area contributed by atoms with Crippen LogP contribution in [0.3, 0.4) is 0 Å². The molecule has 138 valence electrons. The summed E-state index contributed by atoms with van der Waals surface area (Å²) >= 11 is 1.44. The quantitative estimate of drug-likeness (QED) is 0.481. The number of aliphatic hydroxyl groups is 1. The number of aryl methyl sites for hydroxylation is 2. The Kier molecular flexibility index (Phi) is 7.06. The van der Waals surface area contributed by atoms with Crippen LogP contribution in [-0.2, 0) is 17.6 Å². The van der Waals surface area contributed by atoms with Crippen LogP contribution >= 0.6 is 23.7 Å². The fourth-order valence-corrected chi connectivity index (χ4v) is 3.60. The summed E-state index contributed by atoms with van der Waals surface area (Å²) in [5, 5.41) is 17.9. The monoisotopic (exact) mass is 390 g/mol. The van der Waals surface area contributed by atoms with Crippen molar-refractivity contribution in [3.63, 3.8) is 0 Å². The van der Waals surface area contributed by atoms with Gasteiger partial charge >= 0.3 is 5.97 Å². The van der Waals surface area contributed by atoms with Crippen molar-refractivity contribution in [1.82, 2.24) is 9.97 Å². The van der Waals surface area contributed by atoms with Gasteiger partial charge in [-0.05, 0) is 31.7 Å². The number of nitrogens with two attached hydrogens (primary N) is 2. The van der Waals surface area contributed by atoms with Crippen molar-refractivity contribution in [1.29, 1.82) is 0 Å². The van der Waals surface area contributed by atoms with Crippen LogP contribution in [0.2, 0.25) is 0 Å². The molecule has 1 amide bonds. The van der Waals surface area contributed by atoms with E-state index in [4.69, 9.17) is 21.7 Å². The van der Waals surface area contributed by atoms with Crippen LogP contribution in [0.4, 0.5) is 0 Å². The molecular formula is C14H19ClN4O5S. The first-order valence-electron chi connectivity index (χ1n) is 7.23. The van der Waals surface area contributed by atoms with Crippen molar-refractivity contribution in [2.45, 2.75) is 38.3 Å². The summed E-state index contributed by atoms with van der Waals surface area (Å²) in [6.45, 7) is 1.41. The summed E-state index contributed by atoms with van der Waals surface area (Å²) in [7, 11) is 0. The smallest absolute Gasteiger partial charge is 0.372 e. The van der Waals surface area contributed by atoms with Gasteiger partial charge in [-0.15, -0.1) is 23.7 Å².